The van der Waals surface area contributed by atoms with E-state index >= 15 is 0 Å². The lowest BCUT2D eigenvalue weighted by molar-refractivity contribution is 0.0714. The number of phenolic OH excluding ortho intramolecular Hbond substituents is 1. The van der Waals surface area contributed by atoms with Gasteiger partial charge in [0.2, 0.25) is 5.76 Å². The third-order valence-electron chi connectivity index (χ3n) is 5.16. The number of para-hydroxylation sites is 1. The average Bonchev–Trinajstić information content (AvgIpc) is 3.01. The van der Waals surface area contributed by atoms with Crippen LogP contribution >= 0.6 is 0 Å². The highest BCUT2D eigenvalue weighted by atomic mass is 16.3. The molecule has 2 aromatic carbocycles. The minimum atomic E-state index is -0.654. The molecule has 4 aromatic rings. The standard InChI is InChI=1S/C23H16N2O4/c26-16-5-3-4-15(12-16)20-19-21(27)17-6-1-2-7-18(17)29-22(19)23(28)25(20)13-14-8-10-24-11-9-14/h1-12,20,26H,13H2/t20-/m0/s1. The van der Waals surface area contributed by atoms with Crippen molar-refractivity contribution in [1.29, 1.82) is 0 Å². The molecule has 0 aliphatic carbocycles. The van der Waals surface area contributed by atoms with Crippen molar-refractivity contribution in [3.63, 3.8) is 0 Å². The third-order valence-corrected chi connectivity index (χ3v) is 5.16. The van der Waals surface area contributed by atoms with Crippen molar-refractivity contribution in [1.82, 2.24) is 9.88 Å². The Labute approximate surface area is 165 Å². The van der Waals surface area contributed by atoms with Crippen LogP contribution in [0.3, 0.4) is 0 Å². The van der Waals surface area contributed by atoms with Crippen LogP contribution in [0.1, 0.15) is 33.3 Å². The maximum atomic E-state index is 13.3. The van der Waals surface area contributed by atoms with Crippen LogP contribution < -0.4 is 5.43 Å². The summed E-state index contributed by atoms with van der Waals surface area (Å²) in [7, 11) is 0. The van der Waals surface area contributed by atoms with E-state index in [1.807, 2.05) is 12.1 Å². The zero-order chi connectivity index (χ0) is 20.0. The Balaban J connectivity index is 1.74. The largest absolute Gasteiger partial charge is 0.508 e. The number of hydrogen-bond donors (Lipinski definition) is 1. The molecule has 29 heavy (non-hydrogen) atoms. The maximum Gasteiger partial charge on any atom is 0.291 e. The van der Waals surface area contributed by atoms with Gasteiger partial charge in [-0.3, -0.25) is 14.6 Å². The average molecular weight is 384 g/mol. The summed E-state index contributed by atoms with van der Waals surface area (Å²) in [4.78, 5) is 32.2. The van der Waals surface area contributed by atoms with E-state index in [9.17, 15) is 14.7 Å². The Morgan fingerprint density at radius 2 is 1.79 bits per heavy atom. The quantitative estimate of drug-likeness (QED) is 0.583. The molecule has 3 heterocycles. The number of fused-ring (bicyclic) bond motifs is 2. The van der Waals surface area contributed by atoms with Gasteiger partial charge in [0.15, 0.2) is 5.43 Å². The van der Waals surface area contributed by atoms with Crippen LogP contribution in [-0.4, -0.2) is 20.9 Å². The van der Waals surface area contributed by atoms with Crippen molar-refractivity contribution in [3.05, 3.63) is 106 Å². The smallest absolute Gasteiger partial charge is 0.291 e. The van der Waals surface area contributed by atoms with E-state index in [-0.39, 0.29) is 29.4 Å². The van der Waals surface area contributed by atoms with Gasteiger partial charge in [0.25, 0.3) is 5.91 Å². The van der Waals surface area contributed by atoms with E-state index in [0.29, 0.717) is 22.1 Å². The number of hydrogen-bond acceptors (Lipinski definition) is 5. The van der Waals surface area contributed by atoms with Crippen LogP contribution in [0.25, 0.3) is 11.0 Å². The summed E-state index contributed by atoms with van der Waals surface area (Å²) in [5, 5.41) is 10.4. The maximum absolute atomic E-state index is 13.3. The molecule has 0 spiro atoms. The number of amides is 1. The molecule has 0 saturated heterocycles. The van der Waals surface area contributed by atoms with Crippen LogP contribution in [0.4, 0.5) is 0 Å². The van der Waals surface area contributed by atoms with Gasteiger partial charge in [-0.15, -0.1) is 0 Å². The van der Waals surface area contributed by atoms with Crippen molar-refractivity contribution >= 4 is 16.9 Å². The molecule has 1 atom stereocenters. The van der Waals surface area contributed by atoms with Crippen molar-refractivity contribution in [2.24, 2.45) is 0 Å². The van der Waals surface area contributed by atoms with Crippen LogP contribution in [0.15, 0.2) is 82.3 Å². The van der Waals surface area contributed by atoms with Gasteiger partial charge in [-0.25, -0.2) is 0 Å². The van der Waals surface area contributed by atoms with E-state index in [4.69, 9.17) is 4.42 Å². The molecule has 0 bridgehead atoms. The van der Waals surface area contributed by atoms with Gasteiger partial charge in [-0.1, -0.05) is 24.3 Å². The highest BCUT2D eigenvalue weighted by Gasteiger charge is 2.42. The Kier molecular flexibility index (Phi) is 3.91. The summed E-state index contributed by atoms with van der Waals surface area (Å²) in [6.45, 7) is 0.279. The fourth-order valence-corrected chi connectivity index (χ4v) is 3.86. The summed E-state index contributed by atoms with van der Waals surface area (Å²) in [5.74, 6) is -0.235. The van der Waals surface area contributed by atoms with Gasteiger partial charge in [-0.2, -0.15) is 0 Å². The number of carbonyl (C=O) groups is 1. The molecule has 1 amide bonds. The summed E-state index contributed by atoms with van der Waals surface area (Å²) < 4.78 is 5.88. The fraction of sp³-hybridized carbons (Fsp3) is 0.0870. The first kappa shape index (κ1) is 17.2. The van der Waals surface area contributed by atoms with Crippen LogP contribution in [0.5, 0.6) is 5.75 Å². The van der Waals surface area contributed by atoms with Gasteiger partial charge in [0, 0.05) is 18.9 Å². The molecule has 0 fully saturated rings. The molecule has 1 aliphatic heterocycles. The number of benzene rings is 2. The normalized spacial score (nSPS) is 15.7. The zero-order valence-electron chi connectivity index (χ0n) is 15.3. The monoisotopic (exact) mass is 384 g/mol. The second-order valence-corrected chi connectivity index (χ2v) is 6.96. The number of rotatable bonds is 3. The van der Waals surface area contributed by atoms with E-state index in [1.54, 1.807) is 65.8 Å². The first-order valence-electron chi connectivity index (χ1n) is 9.18. The molecular weight excluding hydrogens is 368 g/mol. The molecule has 142 valence electrons. The zero-order valence-corrected chi connectivity index (χ0v) is 15.3. The molecule has 0 saturated carbocycles. The predicted molar refractivity (Wildman–Crippen MR) is 107 cm³/mol. The highest BCUT2D eigenvalue weighted by molar-refractivity contribution is 5.99. The van der Waals surface area contributed by atoms with Crippen LogP contribution in [0.2, 0.25) is 0 Å². The van der Waals surface area contributed by atoms with Gasteiger partial charge < -0.3 is 14.4 Å². The topological polar surface area (TPSA) is 83.6 Å². The number of phenols is 1. The number of aromatic hydroxyl groups is 1. The minimum Gasteiger partial charge on any atom is -0.508 e. The second-order valence-electron chi connectivity index (χ2n) is 6.96. The highest BCUT2D eigenvalue weighted by Crippen LogP contribution is 2.39. The van der Waals surface area contributed by atoms with Gasteiger partial charge >= 0.3 is 0 Å². The molecule has 2 aromatic heterocycles. The number of nitrogens with zero attached hydrogens (tertiary/aromatic N) is 2. The summed E-state index contributed by atoms with van der Waals surface area (Å²) in [5.41, 5.74) is 1.97. The Morgan fingerprint density at radius 3 is 2.59 bits per heavy atom. The lowest BCUT2D eigenvalue weighted by Gasteiger charge is -2.25. The molecule has 6 heteroatoms. The summed E-state index contributed by atoms with van der Waals surface area (Å²) >= 11 is 0. The molecule has 6 nitrogen and oxygen atoms in total. The predicted octanol–water partition coefficient (Wildman–Crippen LogP) is 3.64. The molecule has 0 radical (unpaired) electrons. The van der Waals surface area contributed by atoms with E-state index in [0.717, 1.165) is 5.56 Å². The summed E-state index contributed by atoms with van der Waals surface area (Å²) in [6.07, 6.45) is 3.31. The lowest BCUT2D eigenvalue weighted by atomic mass is 9.98. The lowest BCUT2D eigenvalue weighted by Crippen LogP contribution is -2.29. The third kappa shape index (κ3) is 2.77. The number of pyridine rings is 1. The number of aromatic nitrogens is 1. The Hall–Kier alpha value is -3.93. The first-order chi connectivity index (χ1) is 14.1. The van der Waals surface area contributed by atoms with Crippen LogP contribution in [0, 0.1) is 0 Å². The molecule has 1 aliphatic rings. The summed E-state index contributed by atoms with van der Waals surface area (Å²) in [6, 6.07) is 16.5. The van der Waals surface area contributed by atoms with Crippen molar-refractivity contribution in [2.75, 3.05) is 0 Å². The van der Waals surface area contributed by atoms with Crippen molar-refractivity contribution in [3.8, 4) is 5.75 Å². The molecule has 1 N–H and O–H groups in total. The first-order valence-corrected chi connectivity index (χ1v) is 9.18. The van der Waals surface area contributed by atoms with E-state index in [1.165, 1.54) is 0 Å². The molecule has 5 rings (SSSR count). The second kappa shape index (κ2) is 6.60. The minimum absolute atomic E-state index is 0.0519. The Morgan fingerprint density at radius 1 is 1.00 bits per heavy atom. The van der Waals surface area contributed by atoms with Crippen molar-refractivity contribution in [2.45, 2.75) is 12.6 Å². The van der Waals surface area contributed by atoms with Crippen molar-refractivity contribution < 1.29 is 14.3 Å². The molecular formula is C23H16N2O4. The van der Waals surface area contributed by atoms with E-state index in [2.05, 4.69) is 4.98 Å². The van der Waals surface area contributed by atoms with Gasteiger partial charge in [0.05, 0.1) is 17.0 Å². The van der Waals surface area contributed by atoms with Gasteiger partial charge in [-0.05, 0) is 47.5 Å². The Bertz CT molecular complexity index is 1300. The number of carbonyl (C=O) groups excluding carboxylic acids is 1. The SMILES string of the molecule is O=C1c2oc3ccccc3c(=O)c2[C@H](c2cccc(O)c2)N1Cc1ccncc1. The fourth-order valence-electron chi connectivity index (χ4n) is 3.86. The molecule has 0 unspecified atom stereocenters. The van der Waals surface area contributed by atoms with Gasteiger partial charge in [0.1, 0.15) is 11.3 Å². The van der Waals surface area contributed by atoms with E-state index < -0.39 is 6.04 Å². The van der Waals surface area contributed by atoms with Crippen LogP contribution in [-0.2, 0) is 6.54 Å².